The molecule has 0 saturated carbocycles. The third kappa shape index (κ3) is 3.05. The van der Waals surface area contributed by atoms with Crippen LogP contribution in [0, 0.1) is 10.1 Å². The van der Waals surface area contributed by atoms with Crippen molar-refractivity contribution in [1.29, 1.82) is 0 Å². The normalized spacial score (nSPS) is 16.2. The first-order valence-corrected chi connectivity index (χ1v) is 5.53. The van der Waals surface area contributed by atoms with Gasteiger partial charge in [0.25, 0.3) is 5.69 Å². The van der Waals surface area contributed by atoms with Gasteiger partial charge in [0.15, 0.2) is 0 Å². The summed E-state index contributed by atoms with van der Waals surface area (Å²) in [4.78, 5) is 34.1. The Balaban J connectivity index is 2.11. The highest BCUT2D eigenvalue weighted by atomic mass is 16.6. The summed E-state index contributed by atoms with van der Waals surface area (Å²) in [7, 11) is 0. The molecule has 1 fully saturated rings. The number of amides is 2. The number of rotatable bonds is 3. The number of carbonyl (C=O) groups excluding carboxylic acids is 2. The highest BCUT2D eigenvalue weighted by Gasteiger charge is 2.22. The number of anilines is 1. The number of nitrogens with zero attached hydrogens (tertiary/aromatic N) is 2. The lowest BCUT2D eigenvalue weighted by atomic mass is 10.1. The first-order valence-electron chi connectivity index (χ1n) is 5.53. The standard InChI is InChI=1S/C11H12N4O4/c12-8-3-7(1-2-9(8)15(18)19)4-14-5-10(16)13-11(17)6-14/h1-3H,4-6,12H2,(H,13,16,17). The Kier molecular flexibility index (Phi) is 3.43. The van der Waals surface area contributed by atoms with E-state index >= 15 is 0 Å². The van der Waals surface area contributed by atoms with Gasteiger partial charge >= 0.3 is 0 Å². The van der Waals surface area contributed by atoms with Crippen LogP contribution in [-0.2, 0) is 16.1 Å². The Hall–Kier alpha value is -2.48. The minimum absolute atomic E-state index is 0.0651. The van der Waals surface area contributed by atoms with Gasteiger partial charge in [0.05, 0.1) is 18.0 Å². The van der Waals surface area contributed by atoms with E-state index in [1.165, 1.54) is 12.1 Å². The molecule has 3 N–H and O–H groups in total. The van der Waals surface area contributed by atoms with E-state index in [4.69, 9.17) is 5.73 Å². The zero-order valence-corrected chi connectivity index (χ0v) is 9.96. The lowest BCUT2D eigenvalue weighted by molar-refractivity contribution is -0.383. The van der Waals surface area contributed by atoms with Crippen molar-refractivity contribution in [2.45, 2.75) is 6.54 Å². The lowest BCUT2D eigenvalue weighted by Crippen LogP contribution is -2.50. The average molecular weight is 264 g/mol. The molecule has 0 bridgehead atoms. The Morgan fingerprint density at radius 3 is 2.47 bits per heavy atom. The Labute approximate surface area is 108 Å². The van der Waals surface area contributed by atoms with Gasteiger partial charge in [-0.15, -0.1) is 0 Å². The number of nitrogen functional groups attached to an aromatic ring is 1. The van der Waals surface area contributed by atoms with Gasteiger partial charge in [-0.05, 0) is 11.6 Å². The topological polar surface area (TPSA) is 119 Å². The number of nitrogens with two attached hydrogens (primary N) is 1. The molecule has 2 rings (SSSR count). The van der Waals surface area contributed by atoms with E-state index < -0.39 is 4.92 Å². The average Bonchev–Trinajstić information content (AvgIpc) is 2.26. The number of imide groups is 1. The Bertz CT molecular complexity index is 542. The number of piperazine rings is 1. The molecule has 100 valence electrons. The molecule has 0 aromatic heterocycles. The third-order valence-corrected chi connectivity index (χ3v) is 2.71. The van der Waals surface area contributed by atoms with E-state index in [1.54, 1.807) is 11.0 Å². The molecule has 2 amide bonds. The van der Waals surface area contributed by atoms with Crippen LogP contribution in [0.1, 0.15) is 5.56 Å². The summed E-state index contributed by atoms with van der Waals surface area (Å²) < 4.78 is 0. The summed E-state index contributed by atoms with van der Waals surface area (Å²) >= 11 is 0. The maximum Gasteiger partial charge on any atom is 0.292 e. The van der Waals surface area contributed by atoms with Gasteiger partial charge in [0, 0.05) is 12.6 Å². The van der Waals surface area contributed by atoms with Crippen molar-refractivity contribution >= 4 is 23.2 Å². The molecule has 1 aromatic carbocycles. The zero-order valence-electron chi connectivity index (χ0n) is 9.96. The number of hydrogen-bond acceptors (Lipinski definition) is 6. The van der Waals surface area contributed by atoms with Gasteiger partial charge in [-0.25, -0.2) is 0 Å². The molecule has 0 radical (unpaired) electrons. The molecule has 8 heteroatoms. The van der Waals surface area contributed by atoms with Gasteiger partial charge in [0.2, 0.25) is 11.8 Å². The van der Waals surface area contributed by atoms with Crippen LogP contribution < -0.4 is 11.1 Å². The van der Waals surface area contributed by atoms with Crippen molar-refractivity contribution in [3.8, 4) is 0 Å². The predicted molar refractivity (Wildman–Crippen MR) is 65.9 cm³/mol. The summed E-state index contributed by atoms with van der Waals surface area (Å²) in [5.74, 6) is -0.711. The van der Waals surface area contributed by atoms with Crippen molar-refractivity contribution in [1.82, 2.24) is 10.2 Å². The van der Waals surface area contributed by atoms with Gasteiger partial charge in [0.1, 0.15) is 5.69 Å². The van der Waals surface area contributed by atoms with E-state index in [0.29, 0.717) is 12.1 Å². The predicted octanol–water partition coefficient (Wildman–Crippen LogP) is -0.365. The van der Waals surface area contributed by atoms with E-state index in [0.717, 1.165) is 0 Å². The second kappa shape index (κ2) is 5.02. The number of nitro benzene ring substituents is 1. The van der Waals surface area contributed by atoms with E-state index in [9.17, 15) is 19.7 Å². The van der Waals surface area contributed by atoms with E-state index in [2.05, 4.69) is 5.32 Å². The van der Waals surface area contributed by atoms with Crippen LogP contribution in [0.15, 0.2) is 18.2 Å². The molecule has 1 aliphatic rings. The van der Waals surface area contributed by atoms with E-state index in [1.807, 2.05) is 0 Å². The number of hydrogen-bond donors (Lipinski definition) is 2. The lowest BCUT2D eigenvalue weighted by Gasteiger charge is -2.25. The smallest absolute Gasteiger partial charge is 0.292 e. The van der Waals surface area contributed by atoms with Crippen LogP contribution in [0.2, 0.25) is 0 Å². The van der Waals surface area contributed by atoms with Gasteiger partial charge in [-0.2, -0.15) is 0 Å². The number of benzene rings is 1. The van der Waals surface area contributed by atoms with Crippen molar-refractivity contribution in [3.63, 3.8) is 0 Å². The Morgan fingerprint density at radius 1 is 1.32 bits per heavy atom. The van der Waals surface area contributed by atoms with Crippen molar-refractivity contribution in [3.05, 3.63) is 33.9 Å². The van der Waals surface area contributed by atoms with Gasteiger partial charge in [-0.1, -0.05) is 6.07 Å². The second-order valence-corrected chi connectivity index (χ2v) is 4.27. The summed E-state index contributed by atoms with van der Waals surface area (Å²) in [6.07, 6.45) is 0. The third-order valence-electron chi connectivity index (χ3n) is 2.71. The molecular formula is C11H12N4O4. The fourth-order valence-corrected chi connectivity index (χ4v) is 1.94. The largest absolute Gasteiger partial charge is 0.393 e. The molecule has 1 aromatic rings. The number of nitrogens with one attached hydrogen (secondary N) is 1. The molecule has 0 atom stereocenters. The van der Waals surface area contributed by atoms with Crippen LogP contribution in [0.4, 0.5) is 11.4 Å². The molecule has 8 nitrogen and oxygen atoms in total. The minimum Gasteiger partial charge on any atom is -0.393 e. The summed E-state index contributed by atoms with van der Waals surface area (Å²) in [6, 6.07) is 4.36. The van der Waals surface area contributed by atoms with Crippen molar-refractivity contribution in [2.24, 2.45) is 0 Å². The van der Waals surface area contributed by atoms with Gasteiger partial charge in [-0.3, -0.25) is 29.9 Å². The second-order valence-electron chi connectivity index (χ2n) is 4.27. The first kappa shape index (κ1) is 13.0. The van der Waals surface area contributed by atoms with Crippen LogP contribution in [0.3, 0.4) is 0 Å². The first-order chi connectivity index (χ1) is 8.95. The minimum atomic E-state index is -0.559. The van der Waals surface area contributed by atoms with E-state index in [-0.39, 0.29) is 36.3 Å². The molecular weight excluding hydrogens is 252 g/mol. The van der Waals surface area contributed by atoms with Crippen LogP contribution in [0.25, 0.3) is 0 Å². The maximum atomic E-state index is 11.2. The Morgan fingerprint density at radius 2 is 1.95 bits per heavy atom. The quantitative estimate of drug-likeness (QED) is 0.333. The number of nitro groups is 1. The molecule has 1 saturated heterocycles. The number of carbonyl (C=O) groups is 2. The highest BCUT2D eigenvalue weighted by Crippen LogP contribution is 2.22. The van der Waals surface area contributed by atoms with Crippen LogP contribution in [-0.4, -0.2) is 34.7 Å². The fraction of sp³-hybridized carbons (Fsp3) is 0.273. The maximum absolute atomic E-state index is 11.2. The van der Waals surface area contributed by atoms with Gasteiger partial charge < -0.3 is 5.73 Å². The monoisotopic (exact) mass is 264 g/mol. The zero-order chi connectivity index (χ0) is 14.0. The molecule has 1 heterocycles. The SMILES string of the molecule is Nc1cc(CN2CC(=O)NC(=O)C2)ccc1[N+](=O)[O-]. The molecule has 0 aliphatic carbocycles. The van der Waals surface area contributed by atoms with Crippen molar-refractivity contribution < 1.29 is 14.5 Å². The molecule has 1 aliphatic heterocycles. The summed E-state index contributed by atoms with van der Waals surface area (Å²) in [5.41, 5.74) is 6.20. The highest BCUT2D eigenvalue weighted by molar-refractivity contribution is 5.99. The van der Waals surface area contributed by atoms with Crippen molar-refractivity contribution in [2.75, 3.05) is 18.8 Å². The van der Waals surface area contributed by atoms with Crippen LogP contribution in [0.5, 0.6) is 0 Å². The fourth-order valence-electron chi connectivity index (χ4n) is 1.94. The summed E-state index contributed by atoms with van der Waals surface area (Å²) in [5, 5.41) is 12.8. The van der Waals surface area contributed by atoms with Crippen LogP contribution >= 0.6 is 0 Å². The molecule has 0 unspecified atom stereocenters. The summed E-state index contributed by atoms with van der Waals surface area (Å²) in [6.45, 7) is 0.562. The molecule has 0 spiro atoms. The molecule has 19 heavy (non-hydrogen) atoms.